The van der Waals surface area contributed by atoms with E-state index in [1.807, 2.05) is 4.98 Å². The highest BCUT2D eigenvalue weighted by atomic mass is 19.1. The highest BCUT2D eigenvalue weighted by molar-refractivity contribution is 6.07. The van der Waals surface area contributed by atoms with E-state index in [2.05, 4.69) is 6.58 Å². The molecule has 0 bridgehead atoms. The number of rotatable bonds is 7. The number of nitrogens with one attached hydrogen (secondary N) is 1. The summed E-state index contributed by atoms with van der Waals surface area (Å²) in [6.07, 6.45) is 1.49. The fourth-order valence-electron chi connectivity index (χ4n) is 2.41. The average Bonchev–Trinajstić information content (AvgIpc) is 2.54. The van der Waals surface area contributed by atoms with Crippen molar-refractivity contribution in [1.29, 1.82) is 0 Å². The molecular formula is C17H15FN2O6. The van der Waals surface area contributed by atoms with Crippen LogP contribution in [-0.2, 0) is 11.3 Å². The third kappa shape index (κ3) is 3.62. The van der Waals surface area contributed by atoms with Gasteiger partial charge in [0.05, 0.1) is 13.2 Å². The van der Waals surface area contributed by atoms with Crippen molar-refractivity contribution in [3.05, 3.63) is 63.7 Å². The van der Waals surface area contributed by atoms with Gasteiger partial charge in [0.25, 0.3) is 5.56 Å². The first-order valence-corrected chi connectivity index (χ1v) is 7.27. The molecule has 5 N–H and O–H groups in total. The van der Waals surface area contributed by atoms with Crippen LogP contribution in [-0.4, -0.2) is 33.7 Å². The first-order chi connectivity index (χ1) is 12.3. The monoisotopic (exact) mass is 362 g/mol. The normalized spacial score (nSPS) is 10.5. The number of nitrogens with two attached hydrogens (primary N) is 1. The topological polar surface area (TPSA) is 143 Å². The molecule has 2 aromatic rings. The maximum Gasteiger partial charge on any atom is 0.342 e. The molecule has 1 aromatic carbocycles. The molecular weight excluding hydrogens is 347 g/mol. The number of carbonyl (C=O) groups is 2. The first-order valence-electron chi connectivity index (χ1n) is 7.27. The number of aromatic carboxylic acids is 2. The highest BCUT2D eigenvalue weighted by Crippen LogP contribution is 2.30. The number of nitrogen functional groups attached to an aromatic ring is 1. The maximum absolute atomic E-state index is 14.3. The molecule has 0 atom stereocenters. The first kappa shape index (κ1) is 18.9. The van der Waals surface area contributed by atoms with E-state index in [-0.39, 0.29) is 24.3 Å². The number of anilines is 1. The zero-order chi connectivity index (χ0) is 19.4. The SMILES string of the molecule is C=CCOCc1ccc(-c2c(C(=O)O)c(N)[nH]c(=O)c2C(=O)O)cc1F. The van der Waals surface area contributed by atoms with Crippen LogP contribution in [0.25, 0.3) is 11.1 Å². The van der Waals surface area contributed by atoms with Crippen LogP contribution < -0.4 is 11.3 Å². The summed E-state index contributed by atoms with van der Waals surface area (Å²) >= 11 is 0. The molecule has 2 rings (SSSR count). The molecule has 136 valence electrons. The van der Waals surface area contributed by atoms with Gasteiger partial charge in [-0.25, -0.2) is 14.0 Å². The van der Waals surface area contributed by atoms with Gasteiger partial charge in [-0.15, -0.1) is 6.58 Å². The molecule has 0 unspecified atom stereocenters. The van der Waals surface area contributed by atoms with Crippen molar-refractivity contribution in [3.8, 4) is 11.1 Å². The standard InChI is InChI=1S/C17H15FN2O6/c1-2-5-26-7-9-4-3-8(6-10(9)18)11-12(16(22)23)14(19)20-15(21)13(11)17(24)25/h2-4,6H,1,5,7H2,(H,22,23)(H,24,25)(H3,19,20,21). The van der Waals surface area contributed by atoms with Crippen molar-refractivity contribution in [2.75, 3.05) is 12.3 Å². The van der Waals surface area contributed by atoms with Crippen LogP contribution in [0.15, 0.2) is 35.6 Å². The summed E-state index contributed by atoms with van der Waals surface area (Å²) in [6.45, 7) is 3.61. The van der Waals surface area contributed by atoms with Crippen LogP contribution in [0.5, 0.6) is 0 Å². The van der Waals surface area contributed by atoms with Crippen molar-refractivity contribution >= 4 is 17.8 Å². The lowest BCUT2D eigenvalue weighted by Crippen LogP contribution is -2.24. The van der Waals surface area contributed by atoms with Gasteiger partial charge in [-0.1, -0.05) is 18.2 Å². The van der Waals surface area contributed by atoms with E-state index in [1.165, 1.54) is 18.2 Å². The molecule has 0 radical (unpaired) electrons. The van der Waals surface area contributed by atoms with Gasteiger partial charge in [-0.05, 0) is 11.6 Å². The highest BCUT2D eigenvalue weighted by Gasteiger charge is 2.27. The Morgan fingerprint density at radius 1 is 1.27 bits per heavy atom. The van der Waals surface area contributed by atoms with E-state index in [9.17, 15) is 29.0 Å². The summed E-state index contributed by atoms with van der Waals surface area (Å²) in [5.41, 5.74) is 2.56. The number of carboxylic acid groups (broad SMARTS) is 2. The second-order valence-corrected chi connectivity index (χ2v) is 5.21. The van der Waals surface area contributed by atoms with Gasteiger partial charge in [-0.3, -0.25) is 4.79 Å². The Balaban J connectivity index is 2.69. The Bertz CT molecular complexity index is 951. The van der Waals surface area contributed by atoms with Gasteiger partial charge in [0.2, 0.25) is 0 Å². The van der Waals surface area contributed by atoms with Crippen LogP contribution in [0.1, 0.15) is 26.3 Å². The predicted molar refractivity (Wildman–Crippen MR) is 90.6 cm³/mol. The molecule has 0 saturated heterocycles. The Morgan fingerprint density at radius 2 is 1.92 bits per heavy atom. The molecule has 0 spiro atoms. The Kier molecular flexibility index (Phi) is 5.53. The minimum atomic E-state index is -1.66. The van der Waals surface area contributed by atoms with E-state index < -0.39 is 45.8 Å². The molecule has 0 aliphatic rings. The van der Waals surface area contributed by atoms with E-state index in [0.717, 1.165) is 6.07 Å². The van der Waals surface area contributed by atoms with Crippen LogP contribution in [0.3, 0.4) is 0 Å². The van der Waals surface area contributed by atoms with Gasteiger partial charge < -0.3 is 25.7 Å². The molecule has 1 aromatic heterocycles. The second kappa shape index (κ2) is 7.62. The second-order valence-electron chi connectivity index (χ2n) is 5.21. The number of hydrogen-bond acceptors (Lipinski definition) is 5. The summed E-state index contributed by atoms with van der Waals surface area (Å²) in [6, 6.07) is 3.53. The Labute approximate surface area is 146 Å². The molecule has 0 aliphatic heterocycles. The van der Waals surface area contributed by atoms with Crippen molar-refractivity contribution in [3.63, 3.8) is 0 Å². The van der Waals surface area contributed by atoms with Gasteiger partial charge in [0.1, 0.15) is 22.8 Å². The lowest BCUT2D eigenvalue weighted by atomic mass is 9.94. The number of aromatic nitrogens is 1. The fourth-order valence-corrected chi connectivity index (χ4v) is 2.41. The number of aromatic amines is 1. The molecule has 1 heterocycles. The molecule has 26 heavy (non-hydrogen) atoms. The molecule has 0 fully saturated rings. The maximum atomic E-state index is 14.3. The van der Waals surface area contributed by atoms with E-state index in [4.69, 9.17) is 10.5 Å². The van der Waals surface area contributed by atoms with Crippen molar-refractivity contribution in [2.45, 2.75) is 6.61 Å². The minimum absolute atomic E-state index is 0.0623. The van der Waals surface area contributed by atoms with E-state index in [0.29, 0.717) is 0 Å². The zero-order valence-electron chi connectivity index (χ0n) is 13.4. The smallest absolute Gasteiger partial charge is 0.342 e. The number of carboxylic acids is 2. The average molecular weight is 362 g/mol. The summed E-state index contributed by atoms with van der Waals surface area (Å²) in [7, 11) is 0. The van der Waals surface area contributed by atoms with E-state index >= 15 is 0 Å². The summed E-state index contributed by atoms with van der Waals surface area (Å²) < 4.78 is 19.4. The van der Waals surface area contributed by atoms with Gasteiger partial charge in [0, 0.05) is 11.1 Å². The van der Waals surface area contributed by atoms with Crippen molar-refractivity contribution < 1.29 is 28.9 Å². The summed E-state index contributed by atoms with van der Waals surface area (Å²) in [4.78, 5) is 36.9. The third-order valence-corrected chi connectivity index (χ3v) is 3.51. The Hall–Kier alpha value is -3.46. The summed E-state index contributed by atoms with van der Waals surface area (Å²) in [5.74, 6) is -4.50. The van der Waals surface area contributed by atoms with Crippen molar-refractivity contribution in [2.24, 2.45) is 0 Å². The summed E-state index contributed by atoms with van der Waals surface area (Å²) in [5, 5.41) is 18.6. The van der Waals surface area contributed by atoms with Gasteiger partial charge in [0.15, 0.2) is 0 Å². The number of ether oxygens (including phenoxy) is 1. The number of hydrogen-bond donors (Lipinski definition) is 4. The van der Waals surface area contributed by atoms with Crippen LogP contribution in [0, 0.1) is 5.82 Å². The lowest BCUT2D eigenvalue weighted by molar-refractivity contribution is 0.0695. The van der Waals surface area contributed by atoms with E-state index in [1.54, 1.807) is 0 Å². The van der Waals surface area contributed by atoms with Crippen LogP contribution in [0.4, 0.5) is 10.2 Å². The zero-order valence-corrected chi connectivity index (χ0v) is 13.4. The number of H-pyrrole nitrogens is 1. The molecule has 0 amide bonds. The van der Waals surface area contributed by atoms with Crippen LogP contribution in [0.2, 0.25) is 0 Å². The predicted octanol–water partition coefficient (Wildman–Crippen LogP) is 1.86. The molecule has 8 nitrogen and oxygen atoms in total. The lowest BCUT2D eigenvalue weighted by Gasteiger charge is -2.13. The fraction of sp³-hybridized carbons (Fsp3) is 0.118. The molecule has 0 aliphatic carbocycles. The van der Waals surface area contributed by atoms with Crippen LogP contribution >= 0.6 is 0 Å². The van der Waals surface area contributed by atoms with Gasteiger partial charge >= 0.3 is 11.9 Å². The quantitative estimate of drug-likeness (QED) is 0.435. The largest absolute Gasteiger partial charge is 0.478 e. The number of benzene rings is 1. The molecule has 9 heteroatoms. The van der Waals surface area contributed by atoms with Gasteiger partial charge in [-0.2, -0.15) is 0 Å². The number of pyridine rings is 1. The third-order valence-electron chi connectivity index (χ3n) is 3.51. The Morgan fingerprint density at radius 3 is 2.46 bits per heavy atom. The minimum Gasteiger partial charge on any atom is -0.478 e. The van der Waals surface area contributed by atoms with Crippen molar-refractivity contribution in [1.82, 2.24) is 4.98 Å². The molecule has 0 saturated carbocycles. The number of halogens is 1.